The Bertz CT molecular complexity index is 1350. The van der Waals surface area contributed by atoms with E-state index in [2.05, 4.69) is 22.1 Å². The fraction of sp³-hybridized carbons (Fsp3) is 0.0769. The first-order valence-electron chi connectivity index (χ1n) is 9.96. The maximum Gasteiger partial charge on any atom is 0.294 e. The molecule has 3 aromatic carbocycles. The summed E-state index contributed by atoms with van der Waals surface area (Å²) < 4.78 is 6.90. The molecule has 5 nitrogen and oxygen atoms in total. The summed E-state index contributed by atoms with van der Waals surface area (Å²) in [6.07, 6.45) is 1.54. The molecule has 0 fully saturated rings. The SMILES string of the molecule is COc1ccccc1C#Cc1ccccc1Nc1nc(Cl)cn(Cc2ccccc2)c1=O. The highest BCUT2D eigenvalue weighted by molar-refractivity contribution is 6.29. The molecule has 0 amide bonds. The van der Waals surface area contributed by atoms with E-state index in [1.165, 1.54) is 10.8 Å². The van der Waals surface area contributed by atoms with Crippen molar-refractivity contribution in [3.05, 3.63) is 117 Å². The van der Waals surface area contributed by atoms with E-state index in [1.54, 1.807) is 7.11 Å². The molecule has 0 aliphatic carbocycles. The van der Waals surface area contributed by atoms with Crippen LogP contribution >= 0.6 is 11.6 Å². The quantitative estimate of drug-likeness (QED) is 0.438. The van der Waals surface area contributed by atoms with Gasteiger partial charge in [0.1, 0.15) is 10.9 Å². The summed E-state index contributed by atoms with van der Waals surface area (Å²) in [4.78, 5) is 17.2. The van der Waals surface area contributed by atoms with Crippen molar-refractivity contribution in [2.24, 2.45) is 0 Å². The van der Waals surface area contributed by atoms with Crippen LogP contribution in [0.5, 0.6) is 5.75 Å². The van der Waals surface area contributed by atoms with E-state index in [0.29, 0.717) is 23.5 Å². The Morgan fingerprint density at radius 1 is 0.938 bits per heavy atom. The normalized spacial score (nSPS) is 10.2. The summed E-state index contributed by atoms with van der Waals surface area (Å²) in [5, 5.41) is 3.33. The molecule has 6 heteroatoms. The smallest absolute Gasteiger partial charge is 0.294 e. The monoisotopic (exact) mass is 441 g/mol. The Labute approximate surface area is 191 Å². The molecule has 32 heavy (non-hydrogen) atoms. The molecule has 0 aliphatic heterocycles. The van der Waals surface area contributed by atoms with Gasteiger partial charge in [-0.1, -0.05) is 78.0 Å². The van der Waals surface area contributed by atoms with Gasteiger partial charge in [-0.15, -0.1) is 0 Å². The Morgan fingerprint density at radius 3 is 2.38 bits per heavy atom. The van der Waals surface area contributed by atoms with E-state index in [9.17, 15) is 4.79 Å². The van der Waals surface area contributed by atoms with Crippen LogP contribution in [0.25, 0.3) is 0 Å². The zero-order valence-electron chi connectivity index (χ0n) is 17.4. The number of aromatic nitrogens is 2. The van der Waals surface area contributed by atoms with Gasteiger partial charge in [-0.25, -0.2) is 4.98 Å². The highest BCUT2D eigenvalue weighted by Crippen LogP contribution is 2.20. The van der Waals surface area contributed by atoms with Crippen molar-refractivity contribution in [3.63, 3.8) is 0 Å². The molecule has 0 atom stereocenters. The first-order valence-corrected chi connectivity index (χ1v) is 10.3. The summed E-state index contributed by atoms with van der Waals surface area (Å²) in [6, 6.07) is 24.7. The third-order valence-electron chi connectivity index (χ3n) is 4.76. The molecule has 0 bridgehead atoms. The number of nitrogens with one attached hydrogen (secondary N) is 1. The van der Waals surface area contributed by atoms with Crippen LogP contribution in [0.1, 0.15) is 16.7 Å². The molecule has 0 aliphatic rings. The van der Waals surface area contributed by atoms with Gasteiger partial charge in [0.25, 0.3) is 5.56 Å². The van der Waals surface area contributed by atoms with Crippen LogP contribution in [0.2, 0.25) is 5.15 Å². The van der Waals surface area contributed by atoms with Crippen molar-refractivity contribution in [1.82, 2.24) is 9.55 Å². The maximum atomic E-state index is 13.0. The average Bonchev–Trinajstić information content (AvgIpc) is 2.82. The predicted molar refractivity (Wildman–Crippen MR) is 128 cm³/mol. The number of benzene rings is 3. The summed E-state index contributed by atoms with van der Waals surface area (Å²) >= 11 is 6.22. The number of hydrogen-bond acceptors (Lipinski definition) is 4. The third-order valence-corrected chi connectivity index (χ3v) is 4.94. The summed E-state index contributed by atoms with van der Waals surface area (Å²) in [5.74, 6) is 7.12. The molecule has 0 unspecified atom stereocenters. The lowest BCUT2D eigenvalue weighted by Gasteiger charge is -2.11. The minimum Gasteiger partial charge on any atom is -0.495 e. The second kappa shape index (κ2) is 9.86. The lowest BCUT2D eigenvalue weighted by atomic mass is 10.1. The van der Waals surface area contributed by atoms with Crippen LogP contribution in [0.4, 0.5) is 11.5 Å². The number of hydrogen-bond donors (Lipinski definition) is 1. The molecule has 4 rings (SSSR count). The highest BCUT2D eigenvalue weighted by Gasteiger charge is 2.10. The maximum absolute atomic E-state index is 13.0. The van der Waals surface area contributed by atoms with Crippen LogP contribution in [-0.2, 0) is 6.54 Å². The number of para-hydroxylation sites is 2. The Kier molecular flexibility index (Phi) is 6.54. The molecule has 4 aromatic rings. The van der Waals surface area contributed by atoms with Crippen LogP contribution in [0, 0.1) is 11.8 Å². The third kappa shape index (κ3) is 5.00. The van der Waals surface area contributed by atoms with Crippen molar-refractivity contribution in [3.8, 4) is 17.6 Å². The van der Waals surface area contributed by atoms with E-state index < -0.39 is 0 Å². The fourth-order valence-corrected chi connectivity index (χ4v) is 3.40. The van der Waals surface area contributed by atoms with E-state index >= 15 is 0 Å². The molecule has 0 saturated heterocycles. The van der Waals surface area contributed by atoms with E-state index in [1.807, 2.05) is 78.9 Å². The Balaban J connectivity index is 1.66. The van der Waals surface area contributed by atoms with Crippen molar-refractivity contribution in [1.29, 1.82) is 0 Å². The largest absolute Gasteiger partial charge is 0.495 e. The minimum absolute atomic E-state index is 0.139. The van der Waals surface area contributed by atoms with Crippen molar-refractivity contribution >= 4 is 23.1 Å². The number of methoxy groups -OCH3 is 1. The molecular weight excluding hydrogens is 422 g/mol. The van der Waals surface area contributed by atoms with Gasteiger partial charge >= 0.3 is 0 Å². The van der Waals surface area contributed by atoms with Crippen LogP contribution in [0.3, 0.4) is 0 Å². The molecule has 1 heterocycles. The van der Waals surface area contributed by atoms with Gasteiger partial charge in [0.05, 0.1) is 24.9 Å². The average molecular weight is 442 g/mol. The topological polar surface area (TPSA) is 56.1 Å². The van der Waals surface area contributed by atoms with Crippen LogP contribution in [0.15, 0.2) is 89.9 Å². The van der Waals surface area contributed by atoms with Gasteiger partial charge in [0, 0.05) is 11.8 Å². The van der Waals surface area contributed by atoms with E-state index in [-0.39, 0.29) is 16.5 Å². The number of anilines is 2. The number of nitrogens with zero attached hydrogens (tertiary/aromatic N) is 2. The molecule has 0 radical (unpaired) electrons. The summed E-state index contributed by atoms with van der Waals surface area (Å²) in [5.41, 5.74) is 2.87. The van der Waals surface area contributed by atoms with Gasteiger partial charge in [0.15, 0.2) is 5.82 Å². The van der Waals surface area contributed by atoms with E-state index in [4.69, 9.17) is 16.3 Å². The van der Waals surface area contributed by atoms with Gasteiger partial charge in [0.2, 0.25) is 0 Å². The highest BCUT2D eigenvalue weighted by atomic mass is 35.5. The van der Waals surface area contributed by atoms with Crippen molar-refractivity contribution < 1.29 is 4.74 Å². The number of halogens is 1. The standard InChI is InChI=1S/C26H20ClN3O2/c1-32-23-14-8-6-12-21(23)16-15-20-11-5-7-13-22(20)28-25-26(31)30(18-24(27)29-25)17-19-9-3-2-4-10-19/h2-14,18H,17H2,1H3,(H,28,29). The molecule has 1 N–H and O–H groups in total. The first kappa shape index (κ1) is 21.2. The lowest BCUT2D eigenvalue weighted by Crippen LogP contribution is -2.24. The predicted octanol–water partition coefficient (Wildman–Crippen LogP) is 5.10. The zero-order valence-corrected chi connectivity index (χ0v) is 18.1. The van der Waals surface area contributed by atoms with Gasteiger partial charge < -0.3 is 14.6 Å². The van der Waals surface area contributed by atoms with Gasteiger partial charge in [-0.3, -0.25) is 4.79 Å². The summed E-state index contributed by atoms with van der Waals surface area (Å²) in [6.45, 7) is 0.395. The summed E-state index contributed by atoms with van der Waals surface area (Å²) in [7, 11) is 1.61. The van der Waals surface area contributed by atoms with Crippen LogP contribution in [-0.4, -0.2) is 16.7 Å². The fourth-order valence-electron chi connectivity index (χ4n) is 3.20. The van der Waals surface area contributed by atoms with Gasteiger partial charge in [-0.05, 0) is 29.8 Å². The number of ether oxygens (including phenoxy) is 1. The first-order chi connectivity index (χ1) is 15.6. The molecule has 158 valence electrons. The molecule has 0 spiro atoms. The zero-order chi connectivity index (χ0) is 22.3. The van der Waals surface area contributed by atoms with Crippen molar-refractivity contribution in [2.75, 3.05) is 12.4 Å². The van der Waals surface area contributed by atoms with Gasteiger partial charge in [-0.2, -0.15) is 0 Å². The molecular formula is C26H20ClN3O2. The molecule has 0 saturated carbocycles. The Hall–Kier alpha value is -4.01. The second-order valence-electron chi connectivity index (χ2n) is 6.95. The second-order valence-corrected chi connectivity index (χ2v) is 7.34. The number of rotatable bonds is 5. The van der Waals surface area contributed by atoms with Crippen LogP contribution < -0.4 is 15.6 Å². The minimum atomic E-state index is -0.272. The van der Waals surface area contributed by atoms with E-state index in [0.717, 1.165) is 11.1 Å². The lowest BCUT2D eigenvalue weighted by molar-refractivity contribution is 0.413. The Morgan fingerprint density at radius 2 is 1.59 bits per heavy atom. The van der Waals surface area contributed by atoms with Crippen molar-refractivity contribution in [2.45, 2.75) is 6.54 Å². The molecule has 1 aromatic heterocycles.